The van der Waals surface area contributed by atoms with Crippen molar-refractivity contribution in [3.63, 3.8) is 0 Å². The van der Waals surface area contributed by atoms with Crippen LogP contribution in [-0.2, 0) is 19.6 Å². The Hall–Kier alpha value is -3.68. The van der Waals surface area contributed by atoms with E-state index in [0.29, 0.717) is 21.7 Å². The van der Waals surface area contributed by atoms with Gasteiger partial charge in [-0.25, -0.2) is 13.2 Å². The molecule has 1 heterocycles. The van der Waals surface area contributed by atoms with Crippen LogP contribution in [-0.4, -0.2) is 26.9 Å². The highest BCUT2D eigenvalue weighted by molar-refractivity contribution is 7.92. The third kappa shape index (κ3) is 5.58. The molecule has 0 aliphatic carbocycles. The Bertz CT molecular complexity index is 1350. The summed E-state index contributed by atoms with van der Waals surface area (Å²) in [6.07, 6.45) is 0. The van der Waals surface area contributed by atoms with E-state index in [1.807, 2.05) is 13.0 Å². The summed E-state index contributed by atoms with van der Waals surface area (Å²) in [5, 5.41) is 13.5. The van der Waals surface area contributed by atoms with Gasteiger partial charge < -0.3 is 10.1 Å². The topological polar surface area (TPSA) is 125 Å². The summed E-state index contributed by atoms with van der Waals surface area (Å²) in [4.78, 5) is 24.9. The number of rotatable bonds is 7. The molecule has 1 amide bonds. The highest BCUT2D eigenvalue weighted by atomic mass is 32.2. The highest BCUT2D eigenvalue weighted by Gasteiger charge is 2.23. The van der Waals surface area contributed by atoms with Gasteiger partial charge in [0.25, 0.3) is 15.9 Å². The van der Waals surface area contributed by atoms with Crippen LogP contribution in [0.25, 0.3) is 0 Å². The van der Waals surface area contributed by atoms with Crippen LogP contribution in [0.4, 0.5) is 10.7 Å². The summed E-state index contributed by atoms with van der Waals surface area (Å²) in [5.41, 5.74) is 2.42. The lowest BCUT2D eigenvalue weighted by atomic mass is 10.1. The molecular formula is C23H21N3O5S2. The van der Waals surface area contributed by atoms with E-state index >= 15 is 0 Å². The van der Waals surface area contributed by atoms with E-state index in [4.69, 9.17) is 10.00 Å². The largest absolute Gasteiger partial charge is 0.452 e. The Morgan fingerprint density at radius 3 is 2.42 bits per heavy atom. The molecule has 3 aromatic rings. The zero-order chi connectivity index (χ0) is 24.2. The number of thiophene rings is 1. The van der Waals surface area contributed by atoms with E-state index in [1.54, 1.807) is 49.6 Å². The number of anilines is 2. The fourth-order valence-electron chi connectivity index (χ4n) is 3.40. The number of nitrogens with one attached hydrogen (secondary N) is 2. The summed E-state index contributed by atoms with van der Waals surface area (Å²) < 4.78 is 33.7. The molecule has 2 N–H and O–H groups in total. The summed E-state index contributed by atoms with van der Waals surface area (Å²) >= 11 is 1.17. The smallest absolute Gasteiger partial charge is 0.340 e. The molecule has 1 aromatic heterocycles. The molecule has 0 spiro atoms. The maximum Gasteiger partial charge on any atom is 0.340 e. The molecular weight excluding hydrogens is 462 g/mol. The maximum atomic E-state index is 13.1. The Morgan fingerprint density at radius 2 is 1.76 bits per heavy atom. The molecule has 0 radical (unpaired) electrons. The number of para-hydroxylation sites is 1. The number of esters is 1. The second kappa shape index (κ2) is 9.85. The zero-order valence-corrected chi connectivity index (χ0v) is 19.8. The van der Waals surface area contributed by atoms with Gasteiger partial charge in [-0.2, -0.15) is 5.26 Å². The molecule has 0 unspecified atom stereocenters. The number of nitrogens with zero attached hydrogens (tertiary/aromatic N) is 1. The predicted octanol–water partition coefficient (Wildman–Crippen LogP) is 4.14. The van der Waals surface area contributed by atoms with Crippen LogP contribution < -0.4 is 10.0 Å². The van der Waals surface area contributed by atoms with Gasteiger partial charge in [0.15, 0.2) is 6.61 Å². The molecule has 170 valence electrons. The van der Waals surface area contributed by atoms with Crippen molar-refractivity contribution >= 4 is 43.9 Å². The number of aryl methyl sites for hydroxylation is 3. The van der Waals surface area contributed by atoms with Gasteiger partial charge in [-0.1, -0.05) is 29.8 Å². The van der Waals surface area contributed by atoms with E-state index in [-0.39, 0.29) is 16.1 Å². The van der Waals surface area contributed by atoms with Gasteiger partial charge in [-0.3, -0.25) is 9.52 Å². The first kappa shape index (κ1) is 24.0. The molecule has 0 fully saturated rings. The number of nitriles is 1. The summed E-state index contributed by atoms with van der Waals surface area (Å²) in [6, 6.07) is 13.0. The van der Waals surface area contributed by atoms with Gasteiger partial charge in [0.1, 0.15) is 11.1 Å². The molecule has 8 nitrogen and oxygen atoms in total. The van der Waals surface area contributed by atoms with Crippen LogP contribution in [0, 0.1) is 32.1 Å². The summed E-state index contributed by atoms with van der Waals surface area (Å²) in [5.74, 6) is -1.49. The quantitative estimate of drug-likeness (QED) is 0.487. The number of benzene rings is 2. The van der Waals surface area contributed by atoms with Crippen LogP contribution in [0.3, 0.4) is 0 Å². The van der Waals surface area contributed by atoms with Crippen LogP contribution >= 0.6 is 11.3 Å². The third-order valence-corrected chi connectivity index (χ3v) is 7.14. The van der Waals surface area contributed by atoms with Gasteiger partial charge in [0, 0.05) is 0 Å². The number of sulfonamides is 1. The Balaban J connectivity index is 1.76. The molecule has 10 heteroatoms. The van der Waals surface area contributed by atoms with E-state index in [0.717, 1.165) is 5.56 Å². The Morgan fingerprint density at radius 1 is 1.09 bits per heavy atom. The predicted molar refractivity (Wildman–Crippen MR) is 126 cm³/mol. The van der Waals surface area contributed by atoms with Crippen molar-refractivity contribution in [2.45, 2.75) is 25.7 Å². The highest BCUT2D eigenvalue weighted by Crippen LogP contribution is 2.26. The minimum absolute atomic E-state index is 0.0345. The molecule has 0 aliphatic heterocycles. The van der Waals surface area contributed by atoms with E-state index in [2.05, 4.69) is 10.0 Å². The van der Waals surface area contributed by atoms with Crippen molar-refractivity contribution in [1.29, 1.82) is 5.26 Å². The SMILES string of the molecule is Cc1cc(C)c(S(=O)(=O)Nc2ccccc2C(=O)OCC(=O)Nc2sccc2C#N)c(C)c1. The number of ether oxygens (including phenoxy) is 1. The van der Waals surface area contributed by atoms with Crippen molar-refractivity contribution in [3.05, 3.63) is 75.7 Å². The Kier molecular flexibility index (Phi) is 7.16. The first-order valence-corrected chi connectivity index (χ1v) is 12.1. The molecule has 0 bridgehead atoms. The van der Waals surface area contributed by atoms with Crippen molar-refractivity contribution < 1.29 is 22.7 Å². The molecule has 0 saturated heterocycles. The molecule has 0 atom stereocenters. The second-order valence-electron chi connectivity index (χ2n) is 7.28. The van der Waals surface area contributed by atoms with E-state index in [9.17, 15) is 18.0 Å². The van der Waals surface area contributed by atoms with Crippen LogP contribution in [0.15, 0.2) is 52.7 Å². The average Bonchev–Trinajstić information content (AvgIpc) is 3.18. The van der Waals surface area contributed by atoms with Gasteiger partial charge in [0.2, 0.25) is 0 Å². The zero-order valence-electron chi connectivity index (χ0n) is 18.1. The lowest BCUT2D eigenvalue weighted by Crippen LogP contribution is -2.22. The third-order valence-electron chi connectivity index (χ3n) is 4.64. The van der Waals surface area contributed by atoms with Crippen molar-refractivity contribution in [1.82, 2.24) is 0 Å². The maximum absolute atomic E-state index is 13.1. The van der Waals surface area contributed by atoms with Gasteiger partial charge in [-0.15, -0.1) is 11.3 Å². The first-order valence-electron chi connectivity index (χ1n) is 9.76. The van der Waals surface area contributed by atoms with Crippen molar-refractivity contribution in [3.8, 4) is 6.07 Å². The second-order valence-corrected chi connectivity index (χ2v) is 9.81. The van der Waals surface area contributed by atoms with E-state index < -0.39 is 28.5 Å². The molecule has 3 rings (SSSR count). The molecule has 0 aliphatic rings. The summed E-state index contributed by atoms with van der Waals surface area (Å²) in [7, 11) is -3.99. The fraction of sp³-hybridized carbons (Fsp3) is 0.174. The van der Waals surface area contributed by atoms with Crippen molar-refractivity contribution in [2.24, 2.45) is 0 Å². The number of hydrogen-bond donors (Lipinski definition) is 2. The van der Waals surface area contributed by atoms with Crippen molar-refractivity contribution in [2.75, 3.05) is 16.6 Å². The first-order chi connectivity index (χ1) is 15.6. The number of hydrogen-bond acceptors (Lipinski definition) is 7. The lowest BCUT2D eigenvalue weighted by Gasteiger charge is -2.16. The monoisotopic (exact) mass is 483 g/mol. The number of amides is 1. The van der Waals surface area contributed by atoms with Gasteiger partial charge in [0.05, 0.1) is 21.7 Å². The minimum atomic E-state index is -3.99. The van der Waals surface area contributed by atoms with Crippen LogP contribution in [0.5, 0.6) is 0 Å². The molecule has 2 aromatic carbocycles. The number of carbonyl (C=O) groups excluding carboxylic acids is 2. The Labute approximate surface area is 195 Å². The fourth-order valence-corrected chi connectivity index (χ4v) is 5.69. The summed E-state index contributed by atoms with van der Waals surface area (Å²) in [6.45, 7) is 4.70. The van der Waals surface area contributed by atoms with Crippen LogP contribution in [0.2, 0.25) is 0 Å². The van der Waals surface area contributed by atoms with Crippen LogP contribution in [0.1, 0.15) is 32.6 Å². The average molecular weight is 484 g/mol. The normalized spacial score (nSPS) is 10.8. The standard InChI is InChI=1S/C23H21N3O5S2/c1-14-10-15(2)21(16(3)11-14)33(29,30)26-19-7-5-4-6-18(19)23(28)31-13-20(27)25-22-17(12-24)8-9-32-22/h4-11,26H,13H2,1-3H3,(H,25,27). The number of carbonyl (C=O) groups is 2. The van der Waals surface area contributed by atoms with E-state index in [1.165, 1.54) is 23.5 Å². The van der Waals surface area contributed by atoms with Gasteiger partial charge in [-0.05, 0) is 55.5 Å². The molecule has 33 heavy (non-hydrogen) atoms. The minimum Gasteiger partial charge on any atom is -0.452 e. The lowest BCUT2D eigenvalue weighted by molar-refractivity contribution is -0.119. The molecule has 0 saturated carbocycles. The van der Waals surface area contributed by atoms with Gasteiger partial charge >= 0.3 is 5.97 Å².